The molecule has 154 valence electrons. The van der Waals surface area contributed by atoms with Gasteiger partial charge >= 0.3 is 6.36 Å². The highest BCUT2D eigenvalue weighted by Crippen LogP contribution is 2.32. The predicted octanol–water partition coefficient (Wildman–Crippen LogP) is 5.41. The van der Waals surface area contributed by atoms with Gasteiger partial charge in [0.2, 0.25) is 5.91 Å². The largest absolute Gasteiger partial charge is 0.573 e. The van der Waals surface area contributed by atoms with Gasteiger partial charge in [0.25, 0.3) is 0 Å². The van der Waals surface area contributed by atoms with Crippen molar-refractivity contribution < 1.29 is 27.1 Å². The van der Waals surface area contributed by atoms with Crippen LogP contribution in [0.15, 0.2) is 42.6 Å². The lowest BCUT2D eigenvalue weighted by atomic mass is 9.92. The average Bonchev–Trinajstić information content (AvgIpc) is 2.89. The first-order valence-electron chi connectivity index (χ1n) is 8.75. The second-order valence-corrected chi connectivity index (χ2v) is 7.74. The summed E-state index contributed by atoms with van der Waals surface area (Å²) >= 11 is 0. The normalized spacial score (nSPS) is 12.2. The molecule has 1 N–H and O–H groups in total. The van der Waals surface area contributed by atoms with Crippen molar-refractivity contribution in [1.82, 2.24) is 9.38 Å². The van der Waals surface area contributed by atoms with Crippen LogP contribution in [-0.4, -0.2) is 21.7 Å². The molecule has 2 aromatic heterocycles. The minimum atomic E-state index is -4.81. The third kappa shape index (κ3) is 5.24. The number of alkyl halides is 3. The van der Waals surface area contributed by atoms with E-state index in [0.717, 1.165) is 12.1 Å². The van der Waals surface area contributed by atoms with E-state index in [0.29, 0.717) is 16.9 Å². The van der Waals surface area contributed by atoms with Gasteiger partial charge in [-0.05, 0) is 41.8 Å². The molecule has 29 heavy (non-hydrogen) atoms. The summed E-state index contributed by atoms with van der Waals surface area (Å²) in [4.78, 5) is 16.7. The molecule has 9 heteroatoms. The van der Waals surface area contributed by atoms with Gasteiger partial charge in [-0.3, -0.25) is 9.20 Å². The summed E-state index contributed by atoms with van der Waals surface area (Å²) in [5, 5.41) is 2.72. The number of halogens is 4. The number of benzene rings is 1. The summed E-state index contributed by atoms with van der Waals surface area (Å²) in [6.07, 6.45) is -3.38. The molecule has 0 aliphatic carbocycles. The molecular formula is C20H19F4N3O2. The molecule has 0 saturated carbocycles. The van der Waals surface area contributed by atoms with E-state index in [-0.39, 0.29) is 29.3 Å². The van der Waals surface area contributed by atoms with Gasteiger partial charge < -0.3 is 10.1 Å². The van der Waals surface area contributed by atoms with Crippen molar-refractivity contribution in [2.45, 2.75) is 33.6 Å². The second-order valence-electron chi connectivity index (χ2n) is 7.74. The number of hydrogen-bond donors (Lipinski definition) is 1. The van der Waals surface area contributed by atoms with Crippen molar-refractivity contribution in [2.75, 3.05) is 5.32 Å². The van der Waals surface area contributed by atoms with Crippen molar-refractivity contribution in [3.63, 3.8) is 0 Å². The molecule has 0 saturated heterocycles. The van der Waals surface area contributed by atoms with E-state index in [1.54, 1.807) is 0 Å². The SMILES string of the molecule is CC(C)(C)CC(=O)Nc1nc2ccc(F)cn2c1-c1ccc(OC(F)(F)F)cc1. The van der Waals surface area contributed by atoms with Gasteiger partial charge in [0.1, 0.15) is 17.2 Å². The lowest BCUT2D eigenvalue weighted by molar-refractivity contribution is -0.274. The van der Waals surface area contributed by atoms with Gasteiger partial charge in [-0.15, -0.1) is 13.2 Å². The van der Waals surface area contributed by atoms with Gasteiger partial charge in [0.15, 0.2) is 5.82 Å². The number of amides is 1. The quantitative estimate of drug-likeness (QED) is 0.586. The minimum absolute atomic E-state index is 0.189. The molecular weight excluding hydrogens is 390 g/mol. The Morgan fingerprint density at radius 2 is 1.76 bits per heavy atom. The van der Waals surface area contributed by atoms with E-state index in [1.807, 2.05) is 20.8 Å². The molecule has 0 bridgehead atoms. The zero-order valence-electron chi connectivity index (χ0n) is 16.0. The first-order chi connectivity index (χ1) is 13.4. The van der Waals surface area contributed by atoms with Crippen LogP contribution < -0.4 is 10.1 Å². The fraction of sp³-hybridized carbons (Fsp3) is 0.300. The molecule has 0 aliphatic heterocycles. The standard InChI is InChI=1S/C20H19F4N3O2/c1-19(2,3)10-16(28)26-18-17(27-11-13(21)6-9-15(27)25-18)12-4-7-14(8-5-12)29-20(22,23)24/h4-9,11H,10H2,1-3H3,(H,26,28). The first kappa shape index (κ1) is 20.6. The molecule has 0 radical (unpaired) electrons. The second kappa shape index (κ2) is 7.38. The Hall–Kier alpha value is -3.10. The smallest absolute Gasteiger partial charge is 0.406 e. The van der Waals surface area contributed by atoms with Crippen molar-refractivity contribution in [1.29, 1.82) is 0 Å². The van der Waals surface area contributed by atoms with Crippen molar-refractivity contribution in [2.24, 2.45) is 5.41 Å². The molecule has 0 unspecified atom stereocenters. The zero-order chi connectivity index (χ0) is 21.4. The van der Waals surface area contributed by atoms with E-state index in [9.17, 15) is 22.4 Å². The number of anilines is 1. The van der Waals surface area contributed by atoms with Crippen LogP contribution >= 0.6 is 0 Å². The van der Waals surface area contributed by atoms with Crippen LogP contribution in [0.1, 0.15) is 27.2 Å². The monoisotopic (exact) mass is 409 g/mol. The molecule has 0 spiro atoms. The van der Waals surface area contributed by atoms with Crippen LogP contribution in [0.25, 0.3) is 16.9 Å². The maximum absolute atomic E-state index is 13.8. The molecule has 1 aromatic carbocycles. The molecule has 0 aliphatic rings. The summed E-state index contributed by atoms with van der Waals surface area (Å²) in [5.41, 5.74) is 0.901. The minimum Gasteiger partial charge on any atom is -0.406 e. The number of nitrogens with one attached hydrogen (secondary N) is 1. The van der Waals surface area contributed by atoms with E-state index in [4.69, 9.17) is 0 Å². The third-order valence-electron chi connectivity index (χ3n) is 3.89. The number of nitrogens with zero attached hydrogens (tertiary/aromatic N) is 2. The first-order valence-corrected chi connectivity index (χ1v) is 8.75. The lowest BCUT2D eigenvalue weighted by Gasteiger charge is -2.17. The summed E-state index contributed by atoms with van der Waals surface area (Å²) in [7, 11) is 0. The highest BCUT2D eigenvalue weighted by atomic mass is 19.4. The van der Waals surface area contributed by atoms with Crippen molar-refractivity contribution in [3.05, 3.63) is 48.4 Å². The number of rotatable bonds is 4. The van der Waals surface area contributed by atoms with Crippen LogP contribution in [0, 0.1) is 11.2 Å². The van der Waals surface area contributed by atoms with Gasteiger partial charge in [0, 0.05) is 18.2 Å². The van der Waals surface area contributed by atoms with E-state index in [1.165, 1.54) is 34.9 Å². The van der Waals surface area contributed by atoms with Crippen LogP contribution in [0.3, 0.4) is 0 Å². The number of carbonyl (C=O) groups is 1. The number of carbonyl (C=O) groups excluding carboxylic acids is 1. The highest BCUT2D eigenvalue weighted by molar-refractivity contribution is 5.94. The number of aromatic nitrogens is 2. The van der Waals surface area contributed by atoms with Crippen LogP contribution in [0.4, 0.5) is 23.4 Å². The molecule has 0 fully saturated rings. The number of hydrogen-bond acceptors (Lipinski definition) is 3. The van der Waals surface area contributed by atoms with Crippen LogP contribution in [0.2, 0.25) is 0 Å². The van der Waals surface area contributed by atoms with Gasteiger partial charge in [-0.25, -0.2) is 9.37 Å². The number of ether oxygens (including phenoxy) is 1. The Bertz CT molecular complexity index is 1030. The van der Waals surface area contributed by atoms with Crippen LogP contribution in [0.5, 0.6) is 5.75 Å². The van der Waals surface area contributed by atoms with E-state index in [2.05, 4.69) is 15.0 Å². The number of fused-ring (bicyclic) bond motifs is 1. The van der Waals surface area contributed by atoms with Crippen molar-refractivity contribution >= 4 is 17.4 Å². The van der Waals surface area contributed by atoms with Crippen molar-refractivity contribution in [3.8, 4) is 17.0 Å². The molecule has 3 aromatic rings. The molecule has 2 heterocycles. The topological polar surface area (TPSA) is 55.6 Å². The van der Waals surface area contributed by atoms with Gasteiger partial charge in [-0.2, -0.15) is 0 Å². The van der Waals surface area contributed by atoms with E-state index >= 15 is 0 Å². The Kier molecular flexibility index (Phi) is 5.25. The summed E-state index contributed by atoms with van der Waals surface area (Å²) in [6, 6.07) is 7.72. The Balaban J connectivity index is 2.03. The van der Waals surface area contributed by atoms with Gasteiger partial charge in [0.05, 0.1) is 5.69 Å². The Morgan fingerprint density at radius 1 is 1.10 bits per heavy atom. The highest BCUT2D eigenvalue weighted by Gasteiger charge is 2.31. The molecule has 5 nitrogen and oxygen atoms in total. The fourth-order valence-electron chi connectivity index (χ4n) is 2.85. The van der Waals surface area contributed by atoms with Gasteiger partial charge in [-0.1, -0.05) is 20.8 Å². The Morgan fingerprint density at radius 3 is 2.34 bits per heavy atom. The maximum atomic E-state index is 13.8. The average molecular weight is 409 g/mol. The number of pyridine rings is 1. The predicted molar refractivity (Wildman–Crippen MR) is 100.0 cm³/mol. The fourth-order valence-corrected chi connectivity index (χ4v) is 2.85. The summed E-state index contributed by atoms with van der Waals surface area (Å²) in [6.45, 7) is 5.73. The zero-order valence-corrected chi connectivity index (χ0v) is 16.0. The summed E-state index contributed by atoms with van der Waals surface area (Å²) in [5.74, 6) is -1.01. The molecule has 1 amide bonds. The molecule has 0 atom stereocenters. The van der Waals surface area contributed by atoms with Crippen LogP contribution in [-0.2, 0) is 4.79 Å². The number of imidazole rings is 1. The third-order valence-corrected chi connectivity index (χ3v) is 3.89. The van der Waals surface area contributed by atoms with E-state index < -0.39 is 12.2 Å². The lowest BCUT2D eigenvalue weighted by Crippen LogP contribution is -2.20. The summed E-state index contributed by atoms with van der Waals surface area (Å²) < 4.78 is 56.3. The Labute approximate surface area is 164 Å². The molecule has 3 rings (SSSR count). The maximum Gasteiger partial charge on any atom is 0.573 e.